The second kappa shape index (κ2) is 9.56. The monoisotopic (exact) mass is 417 g/mol. The minimum atomic E-state index is -1.07. The number of hydrogen-bond acceptors (Lipinski definition) is 4. The van der Waals surface area contributed by atoms with Gasteiger partial charge in [-0.25, -0.2) is 13.2 Å². The van der Waals surface area contributed by atoms with Gasteiger partial charge in [0.25, 0.3) is 5.91 Å². The van der Waals surface area contributed by atoms with Gasteiger partial charge in [-0.15, -0.1) is 0 Å². The molecule has 2 aromatic carbocycles. The predicted molar refractivity (Wildman–Crippen MR) is 105 cm³/mol. The Labute approximate surface area is 172 Å². The van der Waals surface area contributed by atoms with Crippen LogP contribution in [0.5, 0.6) is 0 Å². The largest absolute Gasteiger partial charge is 0.339 e. The van der Waals surface area contributed by atoms with Crippen LogP contribution in [0.3, 0.4) is 0 Å². The van der Waals surface area contributed by atoms with Crippen molar-refractivity contribution in [2.24, 2.45) is 0 Å². The van der Waals surface area contributed by atoms with Crippen molar-refractivity contribution in [1.82, 2.24) is 15.0 Å². The van der Waals surface area contributed by atoms with Gasteiger partial charge in [-0.1, -0.05) is 31.1 Å². The van der Waals surface area contributed by atoms with Crippen molar-refractivity contribution in [3.05, 3.63) is 71.4 Å². The Kier molecular flexibility index (Phi) is 6.87. The average Bonchev–Trinajstić information content (AvgIpc) is 3.22. The van der Waals surface area contributed by atoms with E-state index in [9.17, 15) is 18.0 Å². The molecule has 3 rings (SSSR count). The van der Waals surface area contributed by atoms with Crippen LogP contribution in [-0.2, 0) is 0 Å². The molecule has 0 radical (unpaired) electrons. The lowest BCUT2D eigenvalue weighted by atomic mass is 10.0. The Hall–Kier alpha value is -3.16. The molecule has 0 aliphatic carbocycles. The third-order valence-electron chi connectivity index (χ3n) is 4.79. The molecule has 3 aromatic rings. The maximum atomic E-state index is 14.0. The minimum absolute atomic E-state index is 0.0646. The lowest BCUT2D eigenvalue weighted by Gasteiger charge is -2.25. The van der Waals surface area contributed by atoms with E-state index in [2.05, 4.69) is 10.1 Å². The molecule has 0 aliphatic rings. The second-order valence-electron chi connectivity index (χ2n) is 6.92. The maximum Gasteiger partial charge on any atom is 0.253 e. The van der Waals surface area contributed by atoms with Crippen LogP contribution >= 0.6 is 0 Å². The normalized spacial score (nSPS) is 12.0. The molecule has 158 valence electrons. The van der Waals surface area contributed by atoms with Gasteiger partial charge in [0.05, 0.1) is 11.5 Å². The summed E-state index contributed by atoms with van der Waals surface area (Å²) in [6.45, 7) is 4.49. The number of nitrogens with zero attached hydrogens (tertiary/aromatic N) is 3. The van der Waals surface area contributed by atoms with Gasteiger partial charge >= 0.3 is 0 Å². The first-order chi connectivity index (χ1) is 14.4. The van der Waals surface area contributed by atoms with Gasteiger partial charge in [0.15, 0.2) is 11.6 Å². The standard InChI is InChI=1S/C22H22F3N3O2/c1-3-11-28(22(29)15-9-10-18(24)19(25)12-15)13-14(4-2)21-26-20(27-30-21)16-7-5-6-8-17(16)23/h5-10,12,14H,3-4,11,13H2,1-2H3/t14-/m0/s1. The first kappa shape index (κ1) is 21.5. The molecule has 0 fully saturated rings. The van der Waals surface area contributed by atoms with Crippen molar-refractivity contribution in [1.29, 1.82) is 0 Å². The Morgan fingerprint density at radius 3 is 2.50 bits per heavy atom. The SMILES string of the molecule is CCCN(C[C@H](CC)c1nc(-c2ccccc2F)no1)C(=O)c1ccc(F)c(F)c1. The molecule has 0 aliphatic heterocycles. The first-order valence-corrected chi connectivity index (χ1v) is 9.77. The molecule has 1 heterocycles. The molecule has 8 heteroatoms. The van der Waals surface area contributed by atoms with Crippen LogP contribution in [0.2, 0.25) is 0 Å². The zero-order valence-corrected chi connectivity index (χ0v) is 16.7. The Morgan fingerprint density at radius 1 is 1.07 bits per heavy atom. The molecule has 0 spiro atoms. The number of benzene rings is 2. The van der Waals surface area contributed by atoms with Gasteiger partial charge < -0.3 is 9.42 Å². The minimum Gasteiger partial charge on any atom is -0.339 e. The summed E-state index contributed by atoms with van der Waals surface area (Å²) in [5.41, 5.74) is 0.292. The fourth-order valence-corrected chi connectivity index (χ4v) is 3.16. The lowest BCUT2D eigenvalue weighted by molar-refractivity contribution is 0.0737. The van der Waals surface area contributed by atoms with Crippen molar-refractivity contribution in [2.45, 2.75) is 32.6 Å². The average molecular weight is 417 g/mol. The topological polar surface area (TPSA) is 59.2 Å². The zero-order valence-electron chi connectivity index (χ0n) is 16.7. The molecule has 0 N–H and O–H groups in total. The zero-order chi connectivity index (χ0) is 21.7. The summed E-state index contributed by atoms with van der Waals surface area (Å²) in [4.78, 5) is 18.7. The summed E-state index contributed by atoms with van der Waals surface area (Å²) in [5, 5.41) is 3.87. The molecule has 1 aromatic heterocycles. The number of amides is 1. The van der Waals surface area contributed by atoms with Gasteiger partial charge in [-0.05, 0) is 43.2 Å². The molecule has 1 atom stereocenters. The van der Waals surface area contributed by atoms with Gasteiger partial charge in [0, 0.05) is 18.7 Å². The molecule has 0 unspecified atom stereocenters. The highest BCUT2D eigenvalue weighted by Gasteiger charge is 2.25. The van der Waals surface area contributed by atoms with Crippen molar-refractivity contribution in [3.8, 4) is 11.4 Å². The van der Waals surface area contributed by atoms with Gasteiger partial charge in [-0.3, -0.25) is 4.79 Å². The molecule has 5 nitrogen and oxygen atoms in total. The predicted octanol–water partition coefficient (Wildman–Crippen LogP) is 5.20. The van der Waals surface area contributed by atoms with Crippen molar-refractivity contribution in [2.75, 3.05) is 13.1 Å². The molecular formula is C22H22F3N3O2. The van der Waals surface area contributed by atoms with E-state index in [1.54, 1.807) is 23.1 Å². The van der Waals surface area contributed by atoms with Crippen LogP contribution in [0, 0.1) is 17.5 Å². The van der Waals surface area contributed by atoms with Gasteiger partial charge in [-0.2, -0.15) is 4.98 Å². The highest BCUT2D eigenvalue weighted by Crippen LogP contribution is 2.25. The van der Waals surface area contributed by atoms with E-state index < -0.39 is 23.4 Å². The maximum absolute atomic E-state index is 14.0. The quantitative estimate of drug-likeness (QED) is 0.506. The van der Waals surface area contributed by atoms with E-state index in [0.29, 0.717) is 19.4 Å². The third-order valence-corrected chi connectivity index (χ3v) is 4.79. The number of rotatable bonds is 8. The van der Waals surface area contributed by atoms with Crippen molar-refractivity contribution < 1.29 is 22.5 Å². The fourth-order valence-electron chi connectivity index (χ4n) is 3.16. The van der Waals surface area contributed by atoms with E-state index in [-0.39, 0.29) is 35.3 Å². The van der Waals surface area contributed by atoms with E-state index in [4.69, 9.17) is 4.52 Å². The Bertz CT molecular complexity index is 1020. The summed E-state index contributed by atoms with van der Waals surface area (Å²) in [5.74, 6) is -2.83. The summed E-state index contributed by atoms with van der Waals surface area (Å²) in [7, 11) is 0. The molecular weight excluding hydrogens is 395 g/mol. The summed E-state index contributed by atoms with van der Waals surface area (Å²) in [6.07, 6.45) is 1.26. The van der Waals surface area contributed by atoms with Crippen LogP contribution in [0.25, 0.3) is 11.4 Å². The molecule has 1 amide bonds. The number of carbonyl (C=O) groups excluding carboxylic acids is 1. The smallest absolute Gasteiger partial charge is 0.253 e. The first-order valence-electron chi connectivity index (χ1n) is 9.77. The highest BCUT2D eigenvalue weighted by molar-refractivity contribution is 5.94. The number of hydrogen-bond donors (Lipinski definition) is 0. The van der Waals surface area contributed by atoms with Crippen molar-refractivity contribution in [3.63, 3.8) is 0 Å². The molecule has 0 bridgehead atoms. The molecule has 0 saturated heterocycles. The number of carbonyl (C=O) groups is 1. The highest BCUT2D eigenvalue weighted by atomic mass is 19.2. The summed E-state index contributed by atoms with van der Waals surface area (Å²) >= 11 is 0. The Balaban J connectivity index is 1.82. The third kappa shape index (κ3) is 4.69. The molecule has 30 heavy (non-hydrogen) atoms. The van der Waals surface area contributed by atoms with E-state index in [0.717, 1.165) is 12.1 Å². The second-order valence-corrected chi connectivity index (χ2v) is 6.92. The van der Waals surface area contributed by atoms with E-state index >= 15 is 0 Å². The van der Waals surface area contributed by atoms with Crippen LogP contribution < -0.4 is 0 Å². The van der Waals surface area contributed by atoms with Crippen LogP contribution in [-0.4, -0.2) is 34.0 Å². The summed E-state index contributed by atoms with van der Waals surface area (Å²) < 4.78 is 46.1. The number of halogens is 3. The van der Waals surface area contributed by atoms with E-state index in [1.165, 1.54) is 12.1 Å². The fraction of sp³-hybridized carbons (Fsp3) is 0.318. The van der Waals surface area contributed by atoms with Crippen LogP contribution in [0.15, 0.2) is 47.0 Å². The lowest BCUT2D eigenvalue weighted by Crippen LogP contribution is -2.35. The Morgan fingerprint density at radius 2 is 1.83 bits per heavy atom. The molecule has 0 saturated carbocycles. The van der Waals surface area contributed by atoms with Crippen molar-refractivity contribution >= 4 is 5.91 Å². The number of aromatic nitrogens is 2. The van der Waals surface area contributed by atoms with Crippen LogP contribution in [0.1, 0.15) is 48.9 Å². The summed E-state index contributed by atoms with van der Waals surface area (Å²) in [6, 6.07) is 9.20. The van der Waals surface area contributed by atoms with E-state index in [1.807, 2.05) is 13.8 Å². The van der Waals surface area contributed by atoms with Crippen LogP contribution in [0.4, 0.5) is 13.2 Å². The van der Waals surface area contributed by atoms with Gasteiger partial charge in [0.2, 0.25) is 11.7 Å². The van der Waals surface area contributed by atoms with Gasteiger partial charge in [0.1, 0.15) is 5.82 Å².